The van der Waals surface area contributed by atoms with Crippen LogP contribution in [0.3, 0.4) is 0 Å². The molecule has 3 amide bonds. The topological polar surface area (TPSA) is 91.2 Å². The van der Waals surface area contributed by atoms with Gasteiger partial charge in [-0.2, -0.15) is 5.26 Å². The number of nitrogens with zero attached hydrogens (tertiary/aromatic N) is 1. The molecule has 0 aliphatic rings. The molecule has 0 radical (unpaired) electrons. The van der Waals surface area contributed by atoms with E-state index in [9.17, 15) is 9.59 Å². The highest BCUT2D eigenvalue weighted by atomic mass is 16.5. The van der Waals surface area contributed by atoms with Crippen molar-refractivity contribution < 1.29 is 14.3 Å². The van der Waals surface area contributed by atoms with Crippen LogP contribution in [0.25, 0.3) is 0 Å². The van der Waals surface area contributed by atoms with Crippen LogP contribution >= 0.6 is 0 Å². The van der Waals surface area contributed by atoms with E-state index in [1.165, 1.54) is 6.08 Å². The predicted molar refractivity (Wildman–Crippen MR) is 68.4 cm³/mol. The fraction of sp³-hybridized carbons (Fsp3) is 0.154. The van der Waals surface area contributed by atoms with E-state index in [0.29, 0.717) is 11.3 Å². The number of nitrogens with one attached hydrogen (secondary N) is 2. The van der Waals surface area contributed by atoms with Crippen molar-refractivity contribution >= 4 is 11.9 Å². The van der Waals surface area contributed by atoms with Gasteiger partial charge in [-0.3, -0.25) is 10.1 Å². The number of imide groups is 1. The molecule has 0 aliphatic heterocycles. The summed E-state index contributed by atoms with van der Waals surface area (Å²) in [6.45, 7) is 3.42. The zero-order chi connectivity index (χ0) is 14.1. The predicted octanol–water partition coefficient (Wildman–Crippen LogP) is 0.949. The lowest BCUT2D eigenvalue weighted by atomic mass is 10.2. The Kier molecular flexibility index (Phi) is 5.63. The summed E-state index contributed by atoms with van der Waals surface area (Å²) in [6.07, 6.45) is 1.50. The van der Waals surface area contributed by atoms with Crippen LogP contribution in [0.5, 0.6) is 5.75 Å². The van der Waals surface area contributed by atoms with Gasteiger partial charge in [-0.05, 0) is 24.3 Å². The average Bonchev–Trinajstić information content (AvgIpc) is 2.43. The maximum atomic E-state index is 11.3. The molecule has 6 nitrogen and oxygen atoms in total. The van der Waals surface area contributed by atoms with Crippen LogP contribution in [0, 0.1) is 11.3 Å². The fourth-order valence-electron chi connectivity index (χ4n) is 1.15. The van der Waals surface area contributed by atoms with Gasteiger partial charge in [-0.1, -0.05) is 6.08 Å². The van der Waals surface area contributed by atoms with E-state index in [1.54, 1.807) is 24.3 Å². The molecule has 0 bridgehead atoms. The molecule has 0 spiro atoms. The molecule has 19 heavy (non-hydrogen) atoms. The third-order valence-corrected chi connectivity index (χ3v) is 2.01. The molecule has 0 heterocycles. The molecule has 0 fully saturated rings. The minimum atomic E-state index is -0.603. The molecular formula is C13H13N3O3. The normalized spacial score (nSPS) is 9.00. The van der Waals surface area contributed by atoms with Gasteiger partial charge in [0.15, 0.2) is 6.61 Å². The summed E-state index contributed by atoms with van der Waals surface area (Å²) in [5.74, 6) is -0.119. The van der Waals surface area contributed by atoms with Gasteiger partial charge in [0.05, 0.1) is 11.6 Å². The van der Waals surface area contributed by atoms with Crippen molar-refractivity contribution in [1.82, 2.24) is 10.6 Å². The van der Waals surface area contributed by atoms with Crippen molar-refractivity contribution in [2.45, 2.75) is 0 Å². The van der Waals surface area contributed by atoms with E-state index >= 15 is 0 Å². The Bertz CT molecular complexity index is 503. The molecular weight excluding hydrogens is 246 g/mol. The first-order valence-corrected chi connectivity index (χ1v) is 5.47. The van der Waals surface area contributed by atoms with Crippen molar-refractivity contribution in [3.63, 3.8) is 0 Å². The first-order chi connectivity index (χ1) is 9.15. The van der Waals surface area contributed by atoms with Crippen molar-refractivity contribution in [1.29, 1.82) is 5.26 Å². The van der Waals surface area contributed by atoms with E-state index in [4.69, 9.17) is 10.00 Å². The summed E-state index contributed by atoms with van der Waals surface area (Å²) in [5.41, 5.74) is 0.501. The number of hydrogen-bond donors (Lipinski definition) is 2. The highest BCUT2D eigenvalue weighted by Crippen LogP contribution is 2.10. The van der Waals surface area contributed by atoms with Crippen molar-refractivity contribution in [2.24, 2.45) is 0 Å². The summed E-state index contributed by atoms with van der Waals surface area (Å²) >= 11 is 0. The van der Waals surface area contributed by atoms with E-state index in [1.807, 2.05) is 6.07 Å². The van der Waals surface area contributed by atoms with Gasteiger partial charge < -0.3 is 10.1 Å². The van der Waals surface area contributed by atoms with Gasteiger partial charge in [0, 0.05) is 6.54 Å². The minimum absolute atomic E-state index is 0.273. The smallest absolute Gasteiger partial charge is 0.321 e. The summed E-state index contributed by atoms with van der Waals surface area (Å²) in [5, 5.41) is 13.1. The average molecular weight is 259 g/mol. The van der Waals surface area contributed by atoms with Gasteiger partial charge >= 0.3 is 6.03 Å². The number of carbonyl (C=O) groups is 2. The van der Waals surface area contributed by atoms with Crippen LogP contribution in [0.15, 0.2) is 36.9 Å². The number of carbonyl (C=O) groups excluding carboxylic acids is 2. The Morgan fingerprint density at radius 1 is 1.37 bits per heavy atom. The molecule has 0 saturated carbocycles. The first-order valence-electron chi connectivity index (χ1n) is 5.47. The summed E-state index contributed by atoms with van der Waals surface area (Å²) < 4.78 is 5.15. The fourth-order valence-corrected chi connectivity index (χ4v) is 1.15. The molecule has 0 aliphatic carbocycles. The van der Waals surface area contributed by atoms with Crippen molar-refractivity contribution in [2.75, 3.05) is 13.2 Å². The summed E-state index contributed by atoms with van der Waals surface area (Å²) in [4.78, 5) is 22.5. The number of nitriles is 1. The van der Waals surface area contributed by atoms with Crippen LogP contribution in [-0.4, -0.2) is 25.1 Å². The van der Waals surface area contributed by atoms with Crippen LogP contribution in [-0.2, 0) is 4.79 Å². The minimum Gasteiger partial charge on any atom is -0.484 e. The van der Waals surface area contributed by atoms with Gasteiger partial charge in [0.25, 0.3) is 5.91 Å². The van der Waals surface area contributed by atoms with E-state index in [2.05, 4.69) is 17.2 Å². The molecule has 1 rings (SSSR count). The Morgan fingerprint density at radius 3 is 2.63 bits per heavy atom. The third-order valence-electron chi connectivity index (χ3n) is 2.01. The van der Waals surface area contributed by atoms with Gasteiger partial charge in [0.2, 0.25) is 0 Å². The SMILES string of the molecule is C=CCNC(=O)NC(=O)COc1ccc(C#N)cc1. The Labute approximate surface area is 110 Å². The summed E-state index contributed by atoms with van der Waals surface area (Å²) in [6, 6.07) is 7.66. The maximum Gasteiger partial charge on any atom is 0.321 e. The molecule has 0 saturated heterocycles. The first kappa shape index (κ1) is 14.3. The van der Waals surface area contributed by atoms with E-state index < -0.39 is 11.9 Å². The molecule has 0 atom stereocenters. The molecule has 1 aromatic rings. The monoisotopic (exact) mass is 259 g/mol. The number of ether oxygens (including phenoxy) is 1. The maximum absolute atomic E-state index is 11.3. The lowest BCUT2D eigenvalue weighted by molar-refractivity contribution is -0.122. The number of benzene rings is 1. The second kappa shape index (κ2) is 7.50. The van der Waals surface area contributed by atoms with Crippen LogP contribution in [0.1, 0.15) is 5.56 Å². The second-order valence-electron chi connectivity index (χ2n) is 3.47. The highest BCUT2D eigenvalue weighted by Gasteiger charge is 2.07. The van der Waals surface area contributed by atoms with Gasteiger partial charge in [-0.25, -0.2) is 4.79 Å². The lowest BCUT2D eigenvalue weighted by Gasteiger charge is -2.07. The number of rotatable bonds is 5. The summed E-state index contributed by atoms with van der Waals surface area (Å²) in [7, 11) is 0. The molecule has 1 aromatic carbocycles. The zero-order valence-electron chi connectivity index (χ0n) is 10.2. The molecule has 2 N–H and O–H groups in total. The van der Waals surface area contributed by atoms with Crippen LogP contribution < -0.4 is 15.4 Å². The largest absolute Gasteiger partial charge is 0.484 e. The Hall–Kier alpha value is -2.81. The molecule has 0 aromatic heterocycles. The van der Waals surface area contributed by atoms with Crippen molar-refractivity contribution in [3.05, 3.63) is 42.5 Å². The molecule has 6 heteroatoms. The standard InChI is InChI=1S/C13H13N3O3/c1-2-7-15-13(18)16-12(17)9-19-11-5-3-10(8-14)4-6-11/h2-6H,1,7,9H2,(H2,15,16,17,18). The molecule has 0 unspecified atom stereocenters. The number of urea groups is 1. The van der Waals surface area contributed by atoms with Crippen molar-refractivity contribution in [3.8, 4) is 11.8 Å². The Balaban J connectivity index is 2.35. The highest BCUT2D eigenvalue weighted by molar-refractivity contribution is 5.95. The van der Waals surface area contributed by atoms with Crippen LogP contribution in [0.4, 0.5) is 4.79 Å². The number of hydrogen-bond acceptors (Lipinski definition) is 4. The second-order valence-corrected chi connectivity index (χ2v) is 3.47. The third kappa shape index (κ3) is 5.37. The van der Waals surface area contributed by atoms with Gasteiger partial charge in [0.1, 0.15) is 5.75 Å². The van der Waals surface area contributed by atoms with E-state index in [-0.39, 0.29) is 13.2 Å². The van der Waals surface area contributed by atoms with Gasteiger partial charge in [-0.15, -0.1) is 6.58 Å². The van der Waals surface area contributed by atoms with Crippen LogP contribution in [0.2, 0.25) is 0 Å². The van der Waals surface area contributed by atoms with E-state index in [0.717, 1.165) is 0 Å². The quantitative estimate of drug-likeness (QED) is 0.770. The lowest BCUT2D eigenvalue weighted by Crippen LogP contribution is -2.41. The number of amides is 3. The zero-order valence-corrected chi connectivity index (χ0v) is 10.2. The molecule has 98 valence electrons. The Morgan fingerprint density at radius 2 is 2.05 bits per heavy atom.